The third-order valence-electron chi connectivity index (χ3n) is 2.66. The normalized spacial score (nSPS) is 13.7. The van der Waals surface area contributed by atoms with Crippen molar-refractivity contribution in [3.05, 3.63) is 27.7 Å². The Morgan fingerprint density at radius 3 is 2.28 bits per heavy atom. The van der Waals surface area contributed by atoms with Gasteiger partial charge in [0.2, 0.25) is 0 Å². The fraction of sp³-hybridized carbons (Fsp3) is 0.500. The van der Waals surface area contributed by atoms with Crippen molar-refractivity contribution in [1.29, 1.82) is 0 Å². The number of halogens is 2. The van der Waals surface area contributed by atoms with Crippen molar-refractivity contribution in [2.75, 3.05) is 18.9 Å². The number of hydrogen-bond donors (Lipinski definition) is 4. The molecule has 0 saturated heterocycles. The number of rotatable bonds is 5. The average Bonchev–Trinajstić information content (AvgIpc) is 2.32. The molecule has 0 amide bonds. The van der Waals surface area contributed by atoms with Crippen LogP contribution < -0.4 is 11.1 Å². The maximum Gasteiger partial charge on any atom is 0.0915 e. The summed E-state index contributed by atoms with van der Waals surface area (Å²) in [4.78, 5) is 0. The number of benzene rings is 1. The van der Waals surface area contributed by atoms with Gasteiger partial charge in [0.1, 0.15) is 0 Å². The highest BCUT2D eigenvalue weighted by atomic mass is 35.5. The lowest BCUT2D eigenvalue weighted by Gasteiger charge is -2.25. The molecule has 0 saturated carbocycles. The molecule has 0 aromatic heterocycles. The average molecular weight is 293 g/mol. The van der Waals surface area contributed by atoms with Gasteiger partial charge < -0.3 is 21.3 Å². The van der Waals surface area contributed by atoms with E-state index in [0.29, 0.717) is 21.3 Å². The van der Waals surface area contributed by atoms with Gasteiger partial charge in [-0.05, 0) is 31.5 Å². The van der Waals surface area contributed by atoms with E-state index in [1.54, 1.807) is 12.1 Å². The molecule has 1 unspecified atom stereocenters. The number of nitrogens with one attached hydrogen (secondary N) is 1. The number of nitrogen functional groups attached to an aromatic ring is 1. The molecule has 1 atom stereocenters. The van der Waals surface area contributed by atoms with Gasteiger partial charge in [-0.3, -0.25) is 0 Å². The first kappa shape index (κ1) is 15.5. The molecule has 0 aliphatic heterocycles. The van der Waals surface area contributed by atoms with E-state index in [0.717, 1.165) is 0 Å². The van der Waals surface area contributed by atoms with Gasteiger partial charge in [-0.15, -0.1) is 0 Å². The molecule has 0 bridgehead atoms. The fourth-order valence-corrected chi connectivity index (χ4v) is 1.85. The molecule has 0 radical (unpaired) electrons. The van der Waals surface area contributed by atoms with Crippen LogP contribution >= 0.6 is 23.2 Å². The molecule has 4 nitrogen and oxygen atoms in total. The second-order valence-electron chi connectivity index (χ2n) is 4.84. The van der Waals surface area contributed by atoms with Crippen molar-refractivity contribution in [3.63, 3.8) is 0 Å². The van der Waals surface area contributed by atoms with Crippen molar-refractivity contribution in [3.8, 4) is 0 Å². The zero-order valence-electron chi connectivity index (χ0n) is 10.4. The topological polar surface area (TPSA) is 78.5 Å². The lowest BCUT2D eigenvalue weighted by Crippen LogP contribution is -2.44. The molecule has 1 aromatic rings. The van der Waals surface area contributed by atoms with Crippen LogP contribution in [-0.2, 0) is 0 Å². The van der Waals surface area contributed by atoms with Gasteiger partial charge in [-0.25, -0.2) is 0 Å². The molecule has 1 rings (SSSR count). The summed E-state index contributed by atoms with van der Waals surface area (Å²) in [7, 11) is 0. The summed E-state index contributed by atoms with van der Waals surface area (Å²) in [6, 6.07) is 3.17. The van der Waals surface area contributed by atoms with Crippen LogP contribution in [0.4, 0.5) is 5.69 Å². The van der Waals surface area contributed by atoms with Crippen molar-refractivity contribution in [2.45, 2.75) is 25.5 Å². The van der Waals surface area contributed by atoms with Crippen molar-refractivity contribution in [2.24, 2.45) is 0 Å². The van der Waals surface area contributed by atoms with Crippen molar-refractivity contribution in [1.82, 2.24) is 5.32 Å². The van der Waals surface area contributed by atoms with Crippen LogP contribution in [0.25, 0.3) is 0 Å². The zero-order valence-corrected chi connectivity index (χ0v) is 11.9. The standard InChI is InChI=1S/C12H18Cl2N2O2/c1-12(2,6-17)16-5-10(18)7-3-8(13)11(15)9(14)4-7/h3-4,10,16-18H,5-6,15H2,1-2H3. The maximum atomic E-state index is 10.0. The Morgan fingerprint density at radius 1 is 1.33 bits per heavy atom. The van der Waals surface area contributed by atoms with Crippen LogP contribution in [0.15, 0.2) is 12.1 Å². The number of nitrogens with two attached hydrogens (primary N) is 1. The number of hydrogen-bond acceptors (Lipinski definition) is 4. The Hall–Kier alpha value is -0.520. The Kier molecular flexibility index (Phi) is 5.25. The summed E-state index contributed by atoms with van der Waals surface area (Å²) >= 11 is 11.8. The summed E-state index contributed by atoms with van der Waals surface area (Å²) in [5, 5.41) is 22.8. The van der Waals surface area contributed by atoms with Crippen LogP contribution in [0.1, 0.15) is 25.5 Å². The highest BCUT2D eigenvalue weighted by Gasteiger charge is 2.18. The van der Waals surface area contributed by atoms with Crippen molar-refractivity contribution < 1.29 is 10.2 Å². The first-order valence-electron chi connectivity index (χ1n) is 5.55. The van der Waals surface area contributed by atoms with Gasteiger partial charge in [0.15, 0.2) is 0 Å². The van der Waals surface area contributed by atoms with Gasteiger partial charge >= 0.3 is 0 Å². The highest BCUT2D eigenvalue weighted by molar-refractivity contribution is 6.38. The molecule has 1 aromatic carbocycles. The zero-order chi connectivity index (χ0) is 13.9. The van der Waals surface area contributed by atoms with E-state index in [9.17, 15) is 5.11 Å². The molecule has 0 fully saturated rings. The number of aliphatic hydroxyl groups excluding tert-OH is 2. The van der Waals surface area contributed by atoms with E-state index < -0.39 is 11.6 Å². The third-order valence-corrected chi connectivity index (χ3v) is 3.28. The summed E-state index contributed by atoms with van der Waals surface area (Å²) < 4.78 is 0. The largest absolute Gasteiger partial charge is 0.396 e. The second kappa shape index (κ2) is 6.08. The SMILES string of the molecule is CC(C)(CO)NCC(O)c1cc(Cl)c(N)c(Cl)c1. The van der Waals surface area contributed by atoms with Gasteiger partial charge in [-0.2, -0.15) is 0 Å². The molecular weight excluding hydrogens is 275 g/mol. The minimum atomic E-state index is -0.772. The first-order chi connectivity index (χ1) is 8.26. The lowest BCUT2D eigenvalue weighted by molar-refractivity contribution is 0.136. The van der Waals surface area contributed by atoms with Crippen LogP contribution in [0.5, 0.6) is 0 Å². The predicted octanol–water partition coefficient (Wildman–Crippen LogP) is 1.97. The summed E-state index contributed by atoms with van der Waals surface area (Å²) in [5.41, 5.74) is 6.05. The molecule has 5 N–H and O–H groups in total. The van der Waals surface area contributed by atoms with E-state index in [1.165, 1.54) is 0 Å². The van der Waals surface area contributed by atoms with Crippen LogP contribution in [0.2, 0.25) is 10.0 Å². The Morgan fingerprint density at radius 2 is 1.83 bits per heavy atom. The number of anilines is 1. The molecule has 0 spiro atoms. The minimum Gasteiger partial charge on any atom is -0.396 e. The minimum absolute atomic E-state index is 0.0248. The maximum absolute atomic E-state index is 10.0. The molecule has 0 aliphatic carbocycles. The quantitative estimate of drug-likeness (QED) is 0.626. The monoisotopic (exact) mass is 292 g/mol. The van der Waals surface area contributed by atoms with Gasteiger partial charge in [-0.1, -0.05) is 23.2 Å². The van der Waals surface area contributed by atoms with E-state index in [1.807, 2.05) is 13.8 Å². The van der Waals surface area contributed by atoms with Crippen LogP contribution in [0, 0.1) is 0 Å². The molecule has 6 heteroatoms. The van der Waals surface area contributed by atoms with E-state index in [2.05, 4.69) is 5.32 Å². The summed E-state index contributed by atoms with van der Waals surface area (Å²) in [6.45, 7) is 3.93. The smallest absolute Gasteiger partial charge is 0.0915 e. The van der Waals surface area contributed by atoms with Crippen molar-refractivity contribution >= 4 is 28.9 Å². The van der Waals surface area contributed by atoms with E-state index in [4.69, 9.17) is 34.0 Å². The summed E-state index contributed by atoms with van der Waals surface area (Å²) in [6.07, 6.45) is -0.772. The molecule has 18 heavy (non-hydrogen) atoms. The van der Waals surface area contributed by atoms with Crippen LogP contribution in [0.3, 0.4) is 0 Å². The Labute approximate surface area is 117 Å². The van der Waals surface area contributed by atoms with Gasteiger partial charge in [0.05, 0.1) is 28.4 Å². The van der Waals surface area contributed by atoms with Gasteiger partial charge in [0.25, 0.3) is 0 Å². The fourth-order valence-electron chi connectivity index (χ4n) is 1.34. The Bertz CT molecular complexity index is 402. The summed E-state index contributed by atoms with van der Waals surface area (Å²) in [5.74, 6) is 0. The van der Waals surface area contributed by atoms with E-state index in [-0.39, 0.29) is 13.2 Å². The molecule has 0 aliphatic rings. The molecule has 0 heterocycles. The second-order valence-corrected chi connectivity index (χ2v) is 5.65. The number of β-amino-alcohol motifs (C(OH)–C–C–N with tert-alkyl or cyclic N) is 1. The lowest BCUT2D eigenvalue weighted by atomic mass is 10.0. The molecular formula is C12H18Cl2N2O2. The number of aliphatic hydroxyl groups is 2. The van der Waals surface area contributed by atoms with Crippen LogP contribution in [-0.4, -0.2) is 28.9 Å². The predicted molar refractivity (Wildman–Crippen MR) is 75.0 cm³/mol. The highest BCUT2D eigenvalue weighted by Crippen LogP contribution is 2.31. The van der Waals surface area contributed by atoms with E-state index >= 15 is 0 Å². The Balaban J connectivity index is 2.76. The first-order valence-corrected chi connectivity index (χ1v) is 6.31. The third kappa shape index (κ3) is 4.00. The van der Waals surface area contributed by atoms with Gasteiger partial charge in [0, 0.05) is 12.1 Å². The molecule has 102 valence electrons.